The topological polar surface area (TPSA) is 141 Å². The zero-order chi connectivity index (χ0) is 26.6. The van der Waals surface area contributed by atoms with Crippen LogP contribution in [0, 0.1) is 11.6 Å². The number of aliphatic hydroxyl groups excluding tert-OH is 1. The molecule has 1 aromatic carbocycles. The van der Waals surface area contributed by atoms with Crippen LogP contribution in [0.4, 0.5) is 0 Å². The van der Waals surface area contributed by atoms with Crippen LogP contribution in [0.5, 0.6) is 5.75 Å². The number of aromatic nitrogens is 2. The Kier molecular flexibility index (Phi) is 9.50. The average Bonchev–Trinajstić information content (AvgIpc) is 3.08. The zero-order valence-corrected chi connectivity index (χ0v) is 22.6. The van der Waals surface area contributed by atoms with Crippen molar-refractivity contribution in [3.05, 3.63) is 57.2 Å². The molecule has 1 aliphatic rings. The average molecular weight is 562 g/mol. The first-order valence-electron chi connectivity index (χ1n) is 11.2. The van der Waals surface area contributed by atoms with Gasteiger partial charge in [0, 0.05) is 11.8 Å². The maximum Gasteiger partial charge on any atom is 0.459 e. The Bertz CT molecular complexity index is 1220. The molecule has 0 radical (unpaired) electrons. The Hall–Kier alpha value is -2.05. The smallest absolute Gasteiger partial charge is 0.459 e. The molecule has 1 aliphatic heterocycles. The number of carbonyl (C=O) groups excluding carboxylic acids is 1. The Morgan fingerprint density at radius 3 is 2.64 bits per heavy atom. The van der Waals surface area contributed by atoms with Crippen molar-refractivity contribution in [2.75, 3.05) is 6.61 Å². The molecule has 3 N–H and O–H groups in total. The molecule has 11 nitrogen and oxygen atoms in total. The van der Waals surface area contributed by atoms with Crippen molar-refractivity contribution in [2.24, 2.45) is 0 Å². The maximum absolute atomic E-state index is 13.6. The van der Waals surface area contributed by atoms with Crippen LogP contribution in [0.25, 0.3) is 0 Å². The van der Waals surface area contributed by atoms with Gasteiger partial charge < -0.3 is 19.1 Å². The predicted octanol–water partition coefficient (Wildman–Crippen LogP) is 3.21. The molecule has 14 heteroatoms. The van der Waals surface area contributed by atoms with Crippen LogP contribution in [0.3, 0.4) is 0 Å². The van der Waals surface area contributed by atoms with Gasteiger partial charge >= 0.3 is 19.4 Å². The lowest BCUT2D eigenvalue weighted by Crippen LogP contribution is -2.37. The number of nitrogens with one attached hydrogen (secondary N) is 2. The lowest BCUT2D eigenvalue weighted by Gasteiger charge is -2.25. The van der Waals surface area contributed by atoms with Crippen LogP contribution in [0.2, 0.25) is 0 Å². The third-order valence-corrected chi connectivity index (χ3v) is 7.69. The highest BCUT2D eigenvalue weighted by molar-refractivity contribution is 7.71. The van der Waals surface area contributed by atoms with Crippen LogP contribution >= 0.6 is 31.6 Å². The van der Waals surface area contributed by atoms with Crippen LogP contribution < -0.4 is 15.3 Å². The number of alkyl halides is 1. The van der Waals surface area contributed by atoms with Gasteiger partial charge in [-0.15, -0.1) is 11.6 Å². The molecular weight excluding hydrogens is 533 g/mol. The van der Waals surface area contributed by atoms with Gasteiger partial charge in [0.1, 0.15) is 34.0 Å². The predicted molar refractivity (Wildman–Crippen MR) is 135 cm³/mol. The lowest BCUT2D eigenvalue weighted by molar-refractivity contribution is -0.149. The number of rotatable bonds is 10. The van der Waals surface area contributed by atoms with Crippen molar-refractivity contribution >= 4 is 37.5 Å². The number of aryl methyl sites for hydroxylation is 1. The second kappa shape index (κ2) is 12.0. The molecule has 2 heterocycles. The summed E-state index contributed by atoms with van der Waals surface area (Å²) in [5, 5.41) is 12.2. The minimum Gasteiger partial charge on any atom is -0.462 e. The van der Waals surface area contributed by atoms with Gasteiger partial charge in [0.25, 0.3) is 0 Å². The highest BCUT2D eigenvalue weighted by atomic mass is 35.5. The number of benzene rings is 1. The third-order valence-electron chi connectivity index (χ3n) is 5.15. The standard InChI is InChI=1S/C22H29ClN3O8PS/c1-12(2)32-21(28)14(4)25-35(30,34-15-8-6-5-7-9-15)31-11-16-18(27)17(23)20(33-16)26-10-13(3)19(36)24-22(26)29/h5-10,12,14,16-18,20,27H,11H2,1-4H3,(H,25,30)(H,24,29,36)/t14-,16-,17+,18?,20-,35?/m0/s1. The van der Waals surface area contributed by atoms with E-state index >= 15 is 0 Å². The number of carbonyl (C=O) groups is 1. The van der Waals surface area contributed by atoms with Crippen LogP contribution in [-0.4, -0.2) is 57.0 Å². The maximum atomic E-state index is 13.6. The first-order chi connectivity index (χ1) is 16.9. The largest absolute Gasteiger partial charge is 0.462 e. The molecular formula is C22H29ClN3O8PS. The molecule has 0 aliphatic carbocycles. The summed E-state index contributed by atoms with van der Waals surface area (Å²) in [6.07, 6.45) is -2.29. The molecule has 36 heavy (non-hydrogen) atoms. The van der Waals surface area contributed by atoms with Gasteiger partial charge in [-0.1, -0.05) is 30.4 Å². The molecule has 1 fully saturated rings. The van der Waals surface area contributed by atoms with Gasteiger partial charge in [0.05, 0.1) is 12.7 Å². The first-order valence-corrected chi connectivity index (χ1v) is 13.6. The van der Waals surface area contributed by atoms with Crippen molar-refractivity contribution in [1.29, 1.82) is 0 Å². The monoisotopic (exact) mass is 561 g/mol. The summed E-state index contributed by atoms with van der Waals surface area (Å²) in [6, 6.07) is 7.18. The SMILES string of the molecule is Cc1cn([C@H]2O[C@@H](COP(=O)(N[C@@H](C)C(=O)OC(C)C)Oc3ccccc3)C(O)[C@H]2Cl)c(=O)[nH]c1=S. The summed E-state index contributed by atoms with van der Waals surface area (Å²) in [5.41, 5.74) is 0.0470. The fourth-order valence-corrected chi connectivity index (χ4v) is 5.33. The molecule has 0 saturated carbocycles. The Balaban J connectivity index is 1.77. The minimum absolute atomic E-state index is 0.223. The Morgan fingerprint density at radius 1 is 1.33 bits per heavy atom. The zero-order valence-electron chi connectivity index (χ0n) is 20.1. The number of hydrogen-bond acceptors (Lipinski definition) is 9. The molecule has 1 aromatic heterocycles. The molecule has 6 atom stereocenters. The number of hydrogen-bond donors (Lipinski definition) is 3. The summed E-state index contributed by atoms with van der Waals surface area (Å²) in [4.78, 5) is 27.2. The molecule has 2 unspecified atom stereocenters. The number of H-pyrrole nitrogens is 1. The minimum atomic E-state index is -4.18. The summed E-state index contributed by atoms with van der Waals surface area (Å²) in [7, 11) is -4.18. The lowest BCUT2D eigenvalue weighted by atomic mass is 10.2. The Labute approximate surface area is 218 Å². The molecule has 0 spiro atoms. The van der Waals surface area contributed by atoms with Gasteiger partial charge in [0.2, 0.25) is 0 Å². The van der Waals surface area contributed by atoms with E-state index in [-0.39, 0.29) is 16.5 Å². The summed E-state index contributed by atoms with van der Waals surface area (Å²) >= 11 is 11.4. The summed E-state index contributed by atoms with van der Waals surface area (Å²) < 4.78 is 37.2. The number of para-hydroxylation sites is 1. The highest BCUT2D eigenvalue weighted by Crippen LogP contribution is 2.46. The van der Waals surface area contributed by atoms with Crippen molar-refractivity contribution in [3.8, 4) is 5.75 Å². The van der Waals surface area contributed by atoms with Gasteiger partial charge in [-0.3, -0.25) is 18.9 Å². The van der Waals surface area contributed by atoms with Gasteiger partial charge in [-0.2, -0.15) is 5.09 Å². The van der Waals surface area contributed by atoms with Crippen LogP contribution in [-0.2, 0) is 23.4 Å². The van der Waals surface area contributed by atoms with E-state index in [0.29, 0.717) is 5.56 Å². The highest BCUT2D eigenvalue weighted by Gasteiger charge is 2.45. The second-order valence-electron chi connectivity index (χ2n) is 8.51. The van der Waals surface area contributed by atoms with Crippen molar-refractivity contribution < 1.29 is 33.0 Å². The molecule has 198 valence electrons. The number of aromatic amines is 1. The van der Waals surface area contributed by atoms with Crippen molar-refractivity contribution in [2.45, 2.75) is 63.7 Å². The summed E-state index contributed by atoms with van der Waals surface area (Å²) in [6.45, 7) is 6.10. The van der Waals surface area contributed by atoms with Gasteiger partial charge in [-0.05, 0) is 39.8 Å². The number of esters is 1. The van der Waals surface area contributed by atoms with Crippen LogP contribution in [0.1, 0.15) is 32.6 Å². The molecule has 3 rings (SSSR count). The molecule has 0 bridgehead atoms. The van der Waals surface area contributed by atoms with E-state index in [2.05, 4.69) is 10.1 Å². The van der Waals surface area contributed by atoms with Crippen molar-refractivity contribution in [1.82, 2.24) is 14.6 Å². The van der Waals surface area contributed by atoms with E-state index in [0.717, 1.165) is 0 Å². The molecule has 0 amide bonds. The van der Waals surface area contributed by atoms with Gasteiger partial charge in [-0.25, -0.2) is 9.36 Å². The normalized spacial score (nSPS) is 24.3. The first kappa shape index (κ1) is 28.5. The fourth-order valence-electron chi connectivity index (χ4n) is 3.35. The Morgan fingerprint density at radius 2 is 2.00 bits per heavy atom. The van der Waals surface area contributed by atoms with Crippen LogP contribution in [0.15, 0.2) is 41.3 Å². The van der Waals surface area contributed by atoms with E-state index in [9.17, 15) is 19.3 Å². The molecule has 1 saturated heterocycles. The number of nitrogens with zero attached hydrogens (tertiary/aromatic N) is 1. The number of aliphatic hydroxyl groups is 1. The summed E-state index contributed by atoms with van der Waals surface area (Å²) in [5.74, 6) is -0.431. The third kappa shape index (κ3) is 7.04. The number of ether oxygens (including phenoxy) is 2. The molecule has 2 aromatic rings. The van der Waals surface area contributed by atoms with E-state index in [1.807, 2.05) is 0 Å². The van der Waals surface area contributed by atoms with E-state index in [1.165, 1.54) is 17.7 Å². The van der Waals surface area contributed by atoms with Gasteiger partial charge in [0.15, 0.2) is 6.23 Å². The number of halogens is 1. The van der Waals surface area contributed by atoms with Crippen molar-refractivity contribution in [3.63, 3.8) is 0 Å². The van der Waals surface area contributed by atoms with E-state index < -0.39 is 55.9 Å². The quantitative estimate of drug-likeness (QED) is 0.171. The van der Waals surface area contributed by atoms with E-state index in [1.54, 1.807) is 51.1 Å². The fraction of sp³-hybridized carbons (Fsp3) is 0.500. The second-order valence-corrected chi connectivity index (χ2v) is 11.1. The van der Waals surface area contributed by atoms with E-state index in [4.69, 9.17) is 42.3 Å².